The largest absolute Gasteiger partial charge is 0.438 e. The molecule has 2 aromatic heterocycles. The first kappa shape index (κ1) is 11.6. The lowest BCUT2D eigenvalue weighted by molar-refractivity contribution is 0.450. The molecule has 1 aromatic carbocycles. The number of hydrogen-bond acceptors (Lipinski definition) is 4. The van der Waals surface area contributed by atoms with Gasteiger partial charge in [-0.15, -0.1) is 0 Å². The molecule has 96 valence electrons. The van der Waals surface area contributed by atoms with Crippen molar-refractivity contribution in [3.05, 3.63) is 54.1 Å². The fraction of sp³-hybridized carbons (Fsp3) is 0.0769. The lowest BCUT2D eigenvalue weighted by Gasteiger charge is -2.09. The van der Waals surface area contributed by atoms with Crippen molar-refractivity contribution in [2.75, 3.05) is 0 Å². The molecular weight excluding hydrogens is 247 g/mol. The Morgan fingerprint density at radius 3 is 3.00 bits per heavy atom. The minimum Gasteiger partial charge on any atom is -0.438 e. The number of ether oxygens (including phenoxy) is 1. The molecule has 0 aliphatic carbocycles. The van der Waals surface area contributed by atoms with E-state index in [1.54, 1.807) is 41.2 Å². The first-order chi connectivity index (χ1) is 9.28. The topological polar surface area (TPSA) is 65.4 Å². The van der Waals surface area contributed by atoms with Crippen molar-refractivity contribution in [2.45, 2.75) is 6.54 Å². The molecule has 3 rings (SSSR count). The summed E-state index contributed by atoms with van der Waals surface area (Å²) >= 11 is 0. The molecule has 2 heterocycles. The quantitative estimate of drug-likeness (QED) is 0.781. The molecule has 0 atom stereocenters. The molecule has 0 spiro atoms. The molecule has 0 fully saturated rings. The zero-order valence-electron chi connectivity index (χ0n) is 9.95. The average molecular weight is 258 g/mol. The van der Waals surface area contributed by atoms with Gasteiger partial charge in [-0.25, -0.2) is 8.91 Å². The van der Waals surface area contributed by atoms with Crippen LogP contribution in [0.15, 0.2) is 42.7 Å². The SMILES string of the molecule is NCc1c(F)cccc1Oc1ccn2nccc2n1. The van der Waals surface area contributed by atoms with Crippen LogP contribution in [-0.4, -0.2) is 14.6 Å². The predicted octanol–water partition coefficient (Wildman–Crippen LogP) is 2.12. The molecule has 2 N–H and O–H groups in total. The molecule has 0 unspecified atom stereocenters. The first-order valence-corrected chi connectivity index (χ1v) is 5.73. The van der Waals surface area contributed by atoms with Gasteiger partial charge in [0, 0.05) is 30.4 Å². The highest BCUT2D eigenvalue weighted by Gasteiger charge is 2.09. The Kier molecular flexibility index (Phi) is 2.85. The number of rotatable bonds is 3. The van der Waals surface area contributed by atoms with E-state index in [9.17, 15) is 4.39 Å². The number of nitrogens with zero attached hydrogens (tertiary/aromatic N) is 3. The molecule has 0 saturated carbocycles. The van der Waals surface area contributed by atoms with Gasteiger partial charge < -0.3 is 10.5 Å². The molecule has 5 nitrogen and oxygen atoms in total. The summed E-state index contributed by atoms with van der Waals surface area (Å²) in [5, 5.41) is 4.03. The summed E-state index contributed by atoms with van der Waals surface area (Å²) in [6.45, 7) is 0.0664. The van der Waals surface area contributed by atoms with E-state index >= 15 is 0 Å². The minimum absolute atomic E-state index is 0.0664. The first-order valence-electron chi connectivity index (χ1n) is 5.73. The fourth-order valence-electron chi connectivity index (χ4n) is 1.80. The molecule has 0 aliphatic heterocycles. The smallest absolute Gasteiger partial charge is 0.222 e. The van der Waals surface area contributed by atoms with Crippen LogP contribution < -0.4 is 10.5 Å². The molecule has 0 bridgehead atoms. The van der Waals surface area contributed by atoms with E-state index in [0.29, 0.717) is 22.8 Å². The normalized spacial score (nSPS) is 10.8. The maximum Gasteiger partial charge on any atom is 0.222 e. The second kappa shape index (κ2) is 4.66. The summed E-state index contributed by atoms with van der Waals surface area (Å²) in [4.78, 5) is 4.25. The van der Waals surface area contributed by atoms with Gasteiger partial charge in [0.2, 0.25) is 5.88 Å². The van der Waals surface area contributed by atoms with Gasteiger partial charge in [-0.3, -0.25) is 0 Å². The average Bonchev–Trinajstić information content (AvgIpc) is 2.86. The van der Waals surface area contributed by atoms with Crippen LogP contribution in [0.3, 0.4) is 0 Å². The van der Waals surface area contributed by atoms with E-state index in [1.807, 2.05) is 0 Å². The molecule has 0 radical (unpaired) electrons. The van der Waals surface area contributed by atoms with Crippen LogP contribution in [-0.2, 0) is 6.54 Å². The van der Waals surface area contributed by atoms with Gasteiger partial charge in [0.05, 0.1) is 6.20 Å². The van der Waals surface area contributed by atoms with E-state index in [1.165, 1.54) is 6.07 Å². The van der Waals surface area contributed by atoms with Gasteiger partial charge in [0.15, 0.2) is 5.65 Å². The number of fused-ring (bicyclic) bond motifs is 1. The Morgan fingerprint density at radius 2 is 2.16 bits per heavy atom. The van der Waals surface area contributed by atoms with Gasteiger partial charge in [-0.1, -0.05) is 6.07 Å². The Balaban J connectivity index is 1.98. The molecular formula is C13H11FN4O. The Morgan fingerprint density at radius 1 is 1.26 bits per heavy atom. The van der Waals surface area contributed by atoms with Crippen LogP contribution >= 0.6 is 0 Å². The number of halogens is 1. The highest BCUT2D eigenvalue weighted by Crippen LogP contribution is 2.25. The molecule has 0 amide bonds. The molecule has 19 heavy (non-hydrogen) atoms. The highest BCUT2D eigenvalue weighted by atomic mass is 19.1. The number of aromatic nitrogens is 3. The zero-order valence-corrected chi connectivity index (χ0v) is 9.95. The van der Waals surface area contributed by atoms with Gasteiger partial charge in [-0.05, 0) is 12.1 Å². The van der Waals surface area contributed by atoms with Crippen LogP contribution in [0.25, 0.3) is 5.65 Å². The highest BCUT2D eigenvalue weighted by molar-refractivity contribution is 5.41. The van der Waals surface area contributed by atoms with Crippen LogP contribution in [0.4, 0.5) is 4.39 Å². The fourth-order valence-corrected chi connectivity index (χ4v) is 1.80. The van der Waals surface area contributed by atoms with E-state index in [0.717, 1.165) is 0 Å². The maximum absolute atomic E-state index is 13.6. The third-order valence-electron chi connectivity index (χ3n) is 2.73. The second-order valence-electron chi connectivity index (χ2n) is 3.92. The van der Waals surface area contributed by atoms with Crippen molar-refractivity contribution in [3.63, 3.8) is 0 Å². The summed E-state index contributed by atoms with van der Waals surface area (Å²) in [5.41, 5.74) is 6.51. The minimum atomic E-state index is -0.384. The van der Waals surface area contributed by atoms with Gasteiger partial charge in [0.1, 0.15) is 11.6 Å². The van der Waals surface area contributed by atoms with Gasteiger partial charge in [0.25, 0.3) is 0 Å². The summed E-state index contributed by atoms with van der Waals surface area (Å²) in [5.74, 6) is 0.359. The van der Waals surface area contributed by atoms with Gasteiger partial charge >= 0.3 is 0 Å². The second-order valence-corrected chi connectivity index (χ2v) is 3.92. The van der Waals surface area contributed by atoms with Crippen molar-refractivity contribution in [1.82, 2.24) is 14.6 Å². The third-order valence-corrected chi connectivity index (χ3v) is 2.73. The molecule has 6 heteroatoms. The summed E-state index contributed by atoms with van der Waals surface area (Å²) in [7, 11) is 0. The Hall–Kier alpha value is -2.47. The monoisotopic (exact) mass is 258 g/mol. The maximum atomic E-state index is 13.6. The molecule has 0 saturated heterocycles. The van der Waals surface area contributed by atoms with Crippen molar-refractivity contribution in [3.8, 4) is 11.6 Å². The van der Waals surface area contributed by atoms with Gasteiger partial charge in [-0.2, -0.15) is 10.1 Å². The summed E-state index contributed by atoms with van der Waals surface area (Å²) < 4.78 is 20.8. The standard InChI is InChI=1S/C13H11FN4O/c14-10-2-1-3-11(9(10)8-15)19-13-5-7-18-12(17-13)4-6-16-18/h1-7H,8,15H2. The Bertz CT molecular complexity index is 725. The van der Waals surface area contributed by atoms with E-state index < -0.39 is 0 Å². The zero-order chi connectivity index (χ0) is 13.2. The van der Waals surface area contributed by atoms with Crippen LogP contribution in [0.1, 0.15) is 5.56 Å². The summed E-state index contributed by atoms with van der Waals surface area (Å²) in [6, 6.07) is 7.99. The molecule has 0 aliphatic rings. The number of benzene rings is 1. The van der Waals surface area contributed by atoms with E-state index in [4.69, 9.17) is 10.5 Å². The van der Waals surface area contributed by atoms with Crippen molar-refractivity contribution in [1.29, 1.82) is 0 Å². The lowest BCUT2D eigenvalue weighted by Crippen LogP contribution is -2.03. The predicted molar refractivity (Wildman–Crippen MR) is 67.4 cm³/mol. The van der Waals surface area contributed by atoms with Crippen LogP contribution in [0.5, 0.6) is 11.6 Å². The van der Waals surface area contributed by atoms with Crippen LogP contribution in [0, 0.1) is 5.82 Å². The molecule has 3 aromatic rings. The van der Waals surface area contributed by atoms with E-state index in [2.05, 4.69) is 10.1 Å². The third kappa shape index (κ3) is 2.13. The Labute approximate surface area is 108 Å². The number of hydrogen-bond donors (Lipinski definition) is 1. The van der Waals surface area contributed by atoms with Crippen LogP contribution in [0.2, 0.25) is 0 Å². The summed E-state index contributed by atoms with van der Waals surface area (Å²) in [6.07, 6.45) is 3.36. The number of nitrogens with two attached hydrogens (primary N) is 1. The van der Waals surface area contributed by atoms with Crippen molar-refractivity contribution >= 4 is 5.65 Å². The van der Waals surface area contributed by atoms with Crippen molar-refractivity contribution < 1.29 is 9.13 Å². The van der Waals surface area contributed by atoms with E-state index in [-0.39, 0.29) is 12.4 Å². The van der Waals surface area contributed by atoms with Crippen molar-refractivity contribution in [2.24, 2.45) is 5.73 Å². The lowest BCUT2D eigenvalue weighted by atomic mass is 10.2.